The molecule has 0 unspecified atom stereocenters. The fourth-order valence-electron chi connectivity index (χ4n) is 3.69. The third-order valence-electron chi connectivity index (χ3n) is 5.26. The van der Waals surface area contributed by atoms with Gasteiger partial charge in [0, 0.05) is 6.07 Å². The van der Waals surface area contributed by atoms with Gasteiger partial charge in [0.15, 0.2) is 5.75 Å². The van der Waals surface area contributed by atoms with Gasteiger partial charge >= 0.3 is 5.69 Å². The maximum absolute atomic E-state index is 12.9. The SMILES string of the molecule is CCCS(=O)(=O)Nc1ccc2c(c1)NC(=O)c1ccc(-c3ccc([N+](=O)[O-])c(OC)c3)cc1N2. The molecule has 0 radical (unpaired) electrons. The van der Waals surface area contributed by atoms with Gasteiger partial charge in [-0.15, -0.1) is 0 Å². The number of methoxy groups -OCH3 is 1. The molecule has 1 aliphatic rings. The van der Waals surface area contributed by atoms with Crippen molar-refractivity contribution in [2.24, 2.45) is 0 Å². The second kappa shape index (κ2) is 9.02. The Kier molecular flexibility index (Phi) is 6.12. The Bertz CT molecular complexity index is 1400. The molecule has 34 heavy (non-hydrogen) atoms. The molecule has 0 aromatic heterocycles. The summed E-state index contributed by atoms with van der Waals surface area (Å²) in [6.07, 6.45) is 0.483. The highest BCUT2D eigenvalue weighted by molar-refractivity contribution is 7.92. The molecular weight excluding hydrogens is 460 g/mol. The average Bonchev–Trinajstić information content (AvgIpc) is 2.93. The number of anilines is 4. The van der Waals surface area contributed by atoms with Crippen molar-refractivity contribution in [1.82, 2.24) is 0 Å². The minimum Gasteiger partial charge on any atom is -0.490 e. The van der Waals surface area contributed by atoms with E-state index in [-0.39, 0.29) is 23.1 Å². The van der Waals surface area contributed by atoms with Crippen molar-refractivity contribution in [2.75, 3.05) is 28.2 Å². The van der Waals surface area contributed by atoms with E-state index in [2.05, 4.69) is 15.4 Å². The number of rotatable bonds is 7. The number of nitro benzene ring substituents is 1. The van der Waals surface area contributed by atoms with Crippen molar-refractivity contribution in [1.29, 1.82) is 0 Å². The Morgan fingerprint density at radius 1 is 0.971 bits per heavy atom. The van der Waals surface area contributed by atoms with Gasteiger partial charge in [-0.05, 0) is 60.0 Å². The predicted molar refractivity (Wildman–Crippen MR) is 130 cm³/mol. The first-order valence-electron chi connectivity index (χ1n) is 10.4. The van der Waals surface area contributed by atoms with Crippen LogP contribution in [0, 0.1) is 10.1 Å². The topological polar surface area (TPSA) is 140 Å². The largest absolute Gasteiger partial charge is 0.490 e. The molecular formula is C23H22N4O6S. The van der Waals surface area contributed by atoms with Crippen molar-refractivity contribution in [3.63, 3.8) is 0 Å². The molecule has 1 amide bonds. The first-order chi connectivity index (χ1) is 16.2. The summed E-state index contributed by atoms with van der Waals surface area (Å²) in [5, 5.41) is 17.2. The van der Waals surface area contributed by atoms with Gasteiger partial charge in [-0.25, -0.2) is 8.42 Å². The Morgan fingerprint density at radius 3 is 2.41 bits per heavy atom. The Balaban J connectivity index is 1.68. The van der Waals surface area contributed by atoms with Gasteiger partial charge in [-0.2, -0.15) is 0 Å². The monoisotopic (exact) mass is 482 g/mol. The summed E-state index contributed by atoms with van der Waals surface area (Å²) in [6, 6.07) is 14.6. The molecule has 176 valence electrons. The van der Waals surface area contributed by atoms with E-state index >= 15 is 0 Å². The standard InChI is InChI=1S/C23H22N4O6S/c1-3-10-34(31,32)26-16-6-8-18-20(13-16)25-23(28)17-7-4-14(11-19(17)24-18)15-5-9-21(27(29)30)22(12-15)33-2/h4-9,11-13,24,26H,3,10H2,1-2H3,(H,25,28). The molecule has 1 aliphatic heterocycles. The van der Waals surface area contributed by atoms with Crippen molar-refractivity contribution in [3.8, 4) is 16.9 Å². The number of hydrogen-bond acceptors (Lipinski definition) is 7. The molecule has 0 bridgehead atoms. The highest BCUT2D eigenvalue weighted by atomic mass is 32.2. The molecule has 1 heterocycles. The van der Waals surface area contributed by atoms with Crippen LogP contribution in [0.4, 0.5) is 28.4 Å². The average molecular weight is 483 g/mol. The van der Waals surface area contributed by atoms with Crippen molar-refractivity contribution >= 4 is 44.4 Å². The summed E-state index contributed by atoms with van der Waals surface area (Å²) in [5.41, 5.74) is 3.54. The Hall–Kier alpha value is -4.12. The third-order valence-corrected chi connectivity index (χ3v) is 6.75. The summed E-state index contributed by atoms with van der Waals surface area (Å²) in [4.78, 5) is 23.5. The fraction of sp³-hybridized carbons (Fsp3) is 0.174. The third kappa shape index (κ3) is 4.64. The summed E-state index contributed by atoms with van der Waals surface area (Å²) >= 11 is 0. The minimum atomic E-state index is -3.47. The van der Waals surface area contributed by atoms with E-state index in [0.29, 0.717) is 40.3 Å². The Morgan fingerprint density at radius 2 is 1.71 bits per heavy atom. The Labute approximate surface area is 196 Å². The van der Waals surface area contributed by atoms with Crippen LogP contribution in [0.3, 0.4) is 0 Å². The second-order valence-corrected chi connectivity index (χ2v) is 9.51. The zero-order valence-electron chi connectivity index (χ0n) is 18.4. The number of amides is 1. The van der Waals surface area contributed by atoms with Crippen LogP contribution >= 0.6 is 0 Å². The second-order valence-electron chi connectivity index (χ2n) is 7.66. The lowest BCUT2D eigenvalue weighted by molar-refractivity contribution is -0.385. The molecule has 0 atom stereocenters. The highest BCUT2D eigenvalue weighted by Crippen LogP contribution is 2.38. The van der Waals surface area contributed by atoms with Crippen LogP contribution in [0.5, 0.6) is 5.75 Å². The molecule has 0 spiro atoms. The van der Waals surface area contributed by atoms with Crippen LogP contribution < -0.4 is 20.1 Å². The number of hydrogen-bond donors (Lipinski definition) is 3. The number of carbonyl (C=O) groups excluding carboxylic acids is 1. The van der Waals surface area contributed by atoms with Crippen LogP contribution in [-0.4, -0.2) is 32.1 Å². The predicted octanol–water partition coefficient (Wildman–Crippen LogP) is 4.73. The number of nitrogens with zero attached hydrogens (tertiary/aromatic N) is 1. The van der Waals surface area contributed by atoms with Gasteiger partial charge in [0.1, 0.15) is 0 Å². The summed E-state index contributed by atoms with van der Waals surface area (Å²) in [5.74, 6) is -0.231. The molecule has 3 N–H and O–H groups in total. The molecule has 0 saturated carbocycles. The summed E-state index contributed by atoms with van der Waals surface area (Å²) in [7, 11) is -2.11. The smallest absolute Gasteiger partial charge is 0.310 e. The van der Waals surface area contributed by atoms with Gasteiger partial charge in [-0.1, -0.05) is 13.0 Å². The van der Waals surface area contributed by atoms with Gasteiger partial charge in [-0.3, -0.25) is 19.6 Å². The van der Waals surface area contributed by atoms with Crippen molar-refractivity contribution in [3.05, 3.63) is 70.3 Å². The normalized spacial score (nSPS) is 12.5. The van der Waals surface area contributed by atoms with Crippen LogP contribution in [-0.2, 0) is 10.0 Å². The number of sulfonamides is 1. The van der Waals surface area contributed by atoms with Gasteiger partial charge in [0.05, 0.1) is 46.1 Å². The number of benzene rings is 3. The molecule has 10 nitrogen and oxygen atoms in total. The maximum atomic E-state index is 12.9. The zero-order valence-corrected chi connectivity index (χ0v) is 19.2. The molecule has 0 fully saturated rings. The van der Waals surface area contributed by atoms with E-state index in [4.69, 9.17) is 4.74 Å². The number of carbonyl (C=O) groups is 1. The number of ether oxygens (including phenoxy) is 1. The van der Waals surface area contributed by atoms with Crippen LogP contribution in [0.1, 0.15) is 23.7 Å². The van der Waals surface area contributed by atoms with Crippen LogP contribution in [0.2, 0.25) is 0 Å². The lowest BCUT2D eigenvalue weighted by atomic mass is 10.0. The van der Waals surface area contributed by atoms with Gasteiger partial charge in [0.25, 0.3) is 5.91 Å². The van der Waals surface area contributed by atoms with E-state index in [1.54, 1.807) is 55.5 Å². The first-order valence-corrected chi connectivity index (χ1v) is 12.1. The van der Waals surface area contributed by atoms with Gasteiger partial charge < -0.3 is 15.4 Å². The zero-order chi connectivity index (χ0) is 24.5. The summed E-state index contributed by atoms with van der Waals surface area (Å²) < 4.78 is 31.9. The maximum Gasteiger partial charge on any atom is 0.310 e. The minimum absolute atomic E-state index is 0.00363. The van der Waals surface area contributed by atoms with Crippen molar-refractivity contribution in [2.45, 2.75) is 13.3 Å². The molecule has 11 heteroatoms. The van der Waals surface area contributed by atoms with Gasteiger partial charge in [0.2, 0.25) is 10.0 Å². The van der Waals surface area contributed by atoms with E-state index < -0.39 is 14.9 Å². The quantitative estimate of drug-likeness (QED) is 0.327. The molecule has 3 aromatic carbocycles. The van der Waals surface area contributed by atoms with E-state index in [1.807, 2.05) is 0 Å². The number of nitro groups is 1. The lowest BCUT2D eigenvalue weighted by Crippen LogP contribution is -2.16. The van der Waals surface area contributed by atoms with Crippen LogP contribution in [0.15, 0.2) is 54.6 Å². The molecule has 4 rings (SSSR count). The molecule has 0 aliphatic carbocycles. The lowest BCUT2D eigenvalue weighted by Gasteiger charge is -2.13. The van der Waals surface area contributed by atoms with E-state index in [9.17, 15) is 23.3 Å². The van der Waals surface area contributed by atoms with Crippen molar-refractivity contribution < 1.29 is 22.9 Å². The van der Waals surface area contributed by atoms with E-state index in [0.717, 1.165) is 5.56 Å². The number of fused-ring (bicyclic) bond motifs is 2. The van der Waals surface area contributed by atoms with E-state index in [1.165, 1.54) is 13.2 Å². The van der Waals surface area contributed by atoms with Crippen LogP contribution in [0.25, 0.3) is 11.1 Å². The first kappa shape index (κ1) is 23.1. The highest BCUT2D eigenvalue weighted by Gasteiger charge is 2.21. The number of nitrogens with one attached hydrogen (secondary N) is 3. The summed E-state index contributed by atoms with van der Waals surface area (Å²) in [6.45, 7) is 1.78. The molecule has 0 saturated heterocycles. The molecule has 3 aromatic rings. The fourth-order valence-corrected chi connectivity index (χ4v) is 4.81.